The van der Waals surface area contributed by atoms with Crippen molar-refractivity contribution < 1.29 is 17.9 Å². The molecule has 0 atom stereocenters. The number of pyridine rings is 1. The number of benzene rings is 1. The number of hydrogen-bond donors (Lipinski definition) is 0. The van der Waals surface area contributed by atoms with E-state index in [1.165, 1.54) is 41.9 Å². The first-order valence-corrected chi connectivity index (χ1v) is 7.99. The van der Waals surface area contributed by atoms with Crippen molar-refractivity contribution in [3.8, 4) is 28.7 Å². The summed E-state index contributed by atoms with van der Waals surface area (Å²) in [4.78, 5) is 15.4. The fourth-order valence-corrected chi connectivity index (χ4v) is 2.38. The average Bonchev–Trinajstić information content (AvgIpc) is 3.23. The van der Waals surface area contributed by atoms with Crippen molar-refractivity contribution in [2.45, 2.75) is 6.18 Å². The highest BCUT2D eigenvalue weighted by atomic mass is 19.4. The van der Waals surface area contributed by atoms with E-state index in [1.807, 2.05) is 0 Å². The lowest BCUT2D eigenvalue weighted by Gasteiger charge is -2.11. The molecule has 140 valence electrons. The van der Waals surface area contributed by atoms with Gasteiger partial charge >= 0.3 is 6.18 Å². The molecule has 0 fully saturated rings. The number of hydrogen-bond acceptors (Lipinski definition) is 6. The largest absolute Gasteiger partial charge is 0.439 e. The normalized spacial score (nSPS) is 11.4. The highest BCUT2D eigenvalue weighted by molar-refractivity contribution is 5.55. The predicted octanol–water partition coefficient (Wildman–Crippen LogP) is 3.93. The second kappa shape index (κ2) is 7.06. The molecule has 4 rings (SSSR count). The summed E-state index contributed by atoms with van der Waals surface area (Å²) in [6.07, 6.45) is 1.17. The summed E-state index contributed by atoms with van der Waals surface area (Å²) in [6.45, 7) is 0. The van der Waals surface area contributed by atoms with Gasteiger partial charge in [0, 0.05) is 24.0 Å². The molecular formula is C18H11F3N6O. The Balaban J connectivity index is 1.67. The van der Waals surface area contributed by atoms with Gasteiger partial charge in [-0.15, -0.1) is 0 Å². The van der Waals surface area contributed by atoms with E-state index in [4.69, 9.17) is 4.74 Å². The van der Waals surface area contributed by atoms with Crippen LogP contribution in [0.5, 0.6) is 11.6 Å². The molecule has 0 saturated carbocycles. The van der Waals surface area contributed by atoms with E-state index in [1.54, 1.807) is 24.3 Å². The summed E-state index contributed by atoms with van der Waals surface area (Å²) in [5.41, 5.74) is 0.0250. The number of ether oxygens (including phenoxy) is 1. The van der Waals surface area contributed by atoms with Crippen molar-refractivity contribution in [1.82, 2.24) is 29.7 Å². The topological polar surface area (TPSA) is 78.6 Å². The van der Waals surface area contributed by atoms with Crippen LogP contribution in [0, 0.1) is 0 Å². The van der Waals surface area contributed by atoms with Crippen molar-refractivity contribution in [3.05, 3.63) is 73.2 Å². The summed E-state index contributed by atoms with van der Waals surface area (Å²) >= 11 is 0. The highest BCUT2D eigenvalue weighted by Crippen LogP contribution is 2.32. The third-order valence-corrected chi connectivity index (χ3v) is 3.67. The van der Waals surface area contributed by atoms with Crippen molar-refractivity contribution in [1.29, 1.82) is 0 Å². The third kappa shape index (κ3) is 3.80. The molecular weight excluding hydrogens is 373 g/mol. The Morgan fingerprint density at radius 3 is 2.29 bits per heavy atom. The maximum atomic E-state index is 13.2. The van der Waals surface area contributed by atoms with E-state index in [9.17, 15) is 13.2 Å². The van der Waals surface area contributed by atoms with Crippen LogP contribution in [0.4, 0.5) is 13.2 Å². The zero-order valence-electron chi connectivity index (χ0n) is 14.1. The second-order valence-electron chi connectivity index (χ2n) is 5.58. The minimum Gasteiger partial charge on any atom is -0.439 e. The number of aromatic nitrogens is 6. The molecule has 10 heteroatoms. The minimum absolute atomic E-state index is 0.105. The maximum absolute atomic E-state index is 13.2. The van der Waals surface area contributed by atoms with Crippen molar-refractivity contribution >= 4 is 0 Å². The van der Waals surface area contributed by atoms with Gasteiger partial charge in [0.2, 0.25) is 5.88 Å². The molecule has 0 aliphatic heterocycles. The Labute approximate surface area is 156 Å². The van der Waals surface area contributed by atoms with E-state index in [-0.39, 0.29) is 11.7 Å². The molecule has 4 aromatic rings. The summed E-state index contributed by atoms with van der Waals surface area (Å²) in [5, 5.41) is 4.00. The van der Waals surface area contributed by atoms with Crippen molar-refractivity contribution in [2.24, 2.45) is 0 Å². The summed E-state index contributed by atoms with van der Waals surface area (Å²) < 4.78 is 46.8. The smallest absolute Gasteiger partial charge is 0.433 e. The monoisotopic (exact) mass is 384 g/mol. The van der Waals surface area contributed by atoms with Gasteiger partial charge in [0.05, 0.1) is 5.69 Å². The Morgan fingerprint density at radius 1 is 0.893 bits per heavy atom. The molecule has 0 unspecified atom stereocenters. The molecule has 0 bridgehead atoms. The molecule has 0 aliphatic carbocycles. The van der Waals surface area contributed by atoms with E-state index in [2.05, 4.69) is 25.0 Å². The van der Waals surface area contributed by atoms with Crippen LogP contribution in [-0.4, -0.2) is 29.7 Å². The van der Waals surface area contributed by atoms with Gasteiger partial charge in [-0.05, 0) is 36.4 Å². The number of alkyl halides is 3. The first kappa shape index (κ1) is 17.6. The van der Waals surface area contributed by atoms with Crippen LogP contribution in [0.15, 0.2) is 67.5 Å². The van der Waals surface area contributed by atoms with Crippen LogP contribution in [0.2, 0.25) is 0 Å². The van der Waals surface area contributed by atoms with Crippen LogP contribution >= 0.6 is 0 Å². The van der Waals surface area contributed by atoms with E-state index in [0.717, 1.165) is 11.8 Å². The molecule has 28 heavy (non-hydrogen) atoms. The second-order valence-corrected chi connectivity index (χ2v) is 5.58. The molecule has 7 nitrogen and oxygen atoms in total. The Morgan fingerprint density at radius 2 is 1.64 bits per heavy atom. The maximum Gasteiger partial charge on any atom is 0.433 e. The quantitative estimate of drug-likeness (QED) is 0.531. The van der Waals surface area contributed by atoms with Gasteiger partial charge in [-0.2, -0.15) is 23.3 Å². The Bertz CT molecular complexity index is 1070. The minimum atomic E-state index is -4.64. The lowest BCUT2D eigenvalue weighted by Crippen LogP contribution is -2.10. The Kier molecular flexibility index (Phi) is 4.44. The average molecular weight is 384 g/mol. The molecule has 0 radical (unpaired) electrons. The highest BCUT2D eigenvalue weighted by Gasteiger charge is 2.34. The summed E-state index contributed by atoms with van der Waals surface area (Å²) in [5.74, 6) is -0.00882. The van der Waals surface area contributed by atoms with Gasteiger partial charge in [-0.1, -0.05) is 0 Å². The van der Waals surface area contributed by atoms with Crippen LogP contribution in [0.25, 0.3) is 17.1 Å². The molecule has 3 aromatic heterocycles. The molecule has 0 aliphatic rings. The first-order chi connectivity index (χ1) is 13.5. The summed E-state index contributed by atoms with van der Waals surface area (Å²) in [7, 11) is 0. The molecule has 1 aromatic carbocycles. The van der Waals surface area contributed by atoms with Gasteiger partial charge in [0.25, 0.3) is 0 Å². The van der Waals surface area contributed by atoms with Crippen molar-refractivity contribution in [2.75, 3.05) is 0 Å². The molecule has 3 heterocycles. The lowest BCUT2D eigenvalue weighted by atomic mass is 10.2. The predicted molar refractivity (Wildman–Crippen MR) is 91.7 cm³/mol. The third-order valence-electron chi connectivity index (χ3n) is 3.67. The van der Waals surface area contributed by atoms with E-state index in [0.29, 0.717) is 11.3 Å². The van der Waals surface area contributed by atoms with Crippen LogP contribution < -0.4 is 4.74 Å². The van der Waals surface area contributed by atoms with Gasteiger partial charge in [-0.3, -0.25) is 4.98 Å². The van der Waals surface area contributed by atoms with E-state index < -0.39 is 11.9 Å². The number of rotatable bonds is 4. The SMILES string of the molecule is FC(F)(F)c1cc(Oc2ccc(-n3cncn3)cc2)nc(-c2ccncc2)n1. The Hall–Kier alpha value is -3.82. The number of halogens is 3. The van der Waals surface area contributed by atoms with Crippen LogP contribution in [0.3, 0.4) is 0 Å². The number of nitrogens with zero attached hydrogens (tertiary/aromatic N) is 6. The first-order valence-electron chi connectivity index (χ1n) is 7.99. The molecule has 0 N–H and O–H groups in total. The van der Waals surface area contributed by atoms with Crippen LogP contribution in [-0.2, 0) is 6.18 Å². The lowest BCUT2D eigenvalue weighted by molar-refractivity contribution is -0.141. The van der Waals surface area contributed by atoms with Crippen LogP contribution in [0.1, 0.15) is 5.69 Å². The van der Waals surface area contributed by atoms with Crippen molar-refractivity contribution in [3.63, 3.8) is 0 Å². The van der Waals surface area contributed by atoms with Gasteiger partial charge in [-0.25, -0.2) is 14.6 Å². The standard InChI is InChI=1S/C18H11F3N6O/c19-18(20,21)15-9-16(26-17(25-15)12-5-7-22-8-6-12)28-14-3-1-13(2-4-14)27-11-23-10-24-27/h1-11H. The fourth-order valence-electron chi connectivity index (χ4n) is 2.38. The van der Waals surface area contributed by atoms with Gasteiger partial charge in [0.1, 0.15) is 18.4 Å². The zero-order valence-corrected chi connectivity index (χ0v) is 14.1. The molecule has 0 saturated heterocycles. The van der Waals surface area contributed by atoms with E-state index >= 15 is 0 Å². The van der Waals surface area contributed by atoms with Gasteiger partial charge in [0.15, 0.2) is 11.5 Å². The summed E-state index contributed by atoms with van der Waals surface area (Å²) in [6, 6.07) is 10.4. The van der Waals surface area contributed by atoms with Gasteiger partial charge < -0.3 is 4.74 Å². The molecule has 0 spiro atoms. The fraction of sp³-hybridized carbons (Fsp3) is 0.0556. The zero-order chi connectivity index (χ0) is 19.6. The molecule has 0 amide bonds.